The van der Waals surface area contributed by atoms with Gasteiger partial charge in [-0.15, -0.1) is 0 Å². The first-order valence-corrected chi connectivity index (χ1v) is 6.50. The first kappa shape index (κ1) is 14.3. The summed E-state index contributed by atoms with van der Waals surface area (Å²) in [5.41, 5.74) is 1.05. The number of benzene rings is 1. The third-order valence-electron chi connectivity index (χ3n) is 2.29. The van der Waals surface area contributed by atoms with Gasteiger partial charge in [-0.25, -0.2) is 0 Å². The molecule has 1 aromatic carbocycles. The minimum Gasteiger partial charge on any atom is -0.354 e. The van der Waals surface area contributed by atoms with Crippen molar-refractivity contribution in [2.45, 2.75) is 6.92 Å². The third-order valence-corrected chi connectivity index (χ3v) is 2.77. The predicted octanol–water partition coefficient (Wildman–Crippen LogP) is 3.23. The zero-order valence-corrected chi connectivity index (χ0v) is 12.0. The van der Waals surface area contributed by atoms with Gasteiger partial charge in [0.25, 0.3) is 0 Å². The molecule has 2 N–H and O–H groups in total. The fourth-order valence-electron chi connectivity index (χ4n) is 1.45. The topological polar surface area (TPSA) is 86.5 Å². The smallest absolute Gasteiger partial charge is 0.233 e. The van der Waals surface area contributed by atoms with Crippen LogP contribution in [0.15, 0.2) is 18.2 Å². The first-order chi connectivity index (χ1) is 9.62. The average molecular weight is 309 g/mol. The van der Waals surface area contributed by atoms with Crippen molar-refractivity contribution < 1.29 is 0 Å². The lowest BCUT2D eigenvalue weighted by Crippen LogP contribution is -2.06. The lowest BCUT2D eigenvalue weighted by atomic mass is 10.2. The number of aromatic nitrogens is 3. The van der Waals surface area contributed by atoms with Crippen LogP contribution in [-0.2, 0) is 0 Å². The van der Waals surface area contributed by atoms with E-state index in [1.165, 1.54) is 0 Å². The molecule has 0 amide bonds. The summed E-state index contributed by atoms with van der Waals surface area (Å²) >= 11 is 11.9. The van der Waals surface area contributed by atoms with Gasteiger partial charge in [-0.05, 0) is 36.7 Å². The van der Waals surface area contributed by atoms with Crippen LogP contribution in [-0.4, -0.2) is 21.5 Å². The van der Waals surface area contributed by atoms with Crippen molar-refractivity contribution in [3.8, 4) is 6.07 Å². The summed E-state index contributed by atoms with van der Waals surface area (Å²) in [7, 11) is 0. The molecule has 20 heavy (non-hydrogen) atoms. The maximum absolute atomic E-state index is 8.79. The Morgan fingerprint density at radius 2 is 1.95 bits per heavy atom. The summed E-state index contributed by atoms with van der Waals surface area (Å²) in [5, 5.41) is 15.1. The summed E-state index contributed by atoms with van der Waals surface area (Å²) in [6.07, 6.45) is 0. The van der Waals surface area contributed by atoms with E-state index < -0.39 is 0 Å². The Morgan fingerprint density at radius 3 is 2.60 bits per heavy atom. The van der Waals surface area contributed by atoms with Gasteiger partial charge in [-0.2, -0.15) is 20.2 Å². The van der Waals surface area contributed by atoms with Gasteiger partial charge in [0.15, 0.2) is 0 Å². The highest BCUT2D eigenvalue weighted by Gasteiger charge is 2.07. The lowest BCUT2D eigenvalue weighted by molar-refractivity contribution is 1.02. The van der Waals surface area contributed by atoms with Crippen LogP contribution >= 0.6 is 23.2 Å². The number of anilines is 3. The molecule has 2 rings (SSSR count). The number of halogens is 2. The summed E-state index contributed by atoms with van der Waals surface area (Å²) in [4.78, 5) is 12.0. The minimum atomic E-state index is 0.0724. The van der Waals surface area contributed by atoms with E-state index in [0.29, 0.717) is 28.8 Å². The molecule has 1 aromatic heterocycles. The molecule has 0 aliphatic heterocycles. The molecule has 0 atom stereocenters. The Bertz CT molecular complexity index is 667. The van der Waals surface area contributed by atoms with Gasteiger partial charge in [0.2, 0.25) is 17.2 Å². The Labute approximate surface area is 125 Å². The second-order valence-electron chi connectivity index (χ2n) is 3.71. The van der Waals surface area contributed by atoms with E-state index in [9.17, 15) is 0 Å². The van der Waals surface area contributed by atoms with E-state index in [-0.39, 0.29) is 11.2 Å². The van der Waals surface area contributed by atoms with Gasteiger partial charge in [-0.3, -0.25) is 0 Å². The quantitative estimate of drug-likeness (QED) is 0.901. The minimum absolute atomic E-state index is 0.0724. The molecule has 1 heterocycles. The molecule has 0 unspecified atom stereocenters. The predicted molar refractivity (Wildman–Crippen MR) is 78.5 cm³/mol. The highest BCUT2D eigenvalue weighted by molar-refractivity contribution is 6.33. The Kier molecular flexibility index (Phi) is 4.56. The molecule has 2 aromatic rings. The standard InChI is InChI=1S/C12H10Cl2N6/c1-2-16-11-18-10(14)19-12(20-11)17-9-4-3-7(6-15)5-8(9)13/h3-5H,2H2,1H3,(H2,16,17,18,19,20). The van der Waals surface area contributed by atoms with Gasteiger partial charge in [0.1, 0.15) is 0 Å². The van der Waals surface area contributed by atoms with Crippen molar-refractivity contribution in [1.82, 2.24) is 15.0 Å². The second-order valence-corrected chi connectivity index (χ2v) is 4.46. The molecule has 0 aliphatic carbocycles. The monoisotopic (exact) mass is 308 g/mol. The van der Waals surface area contributed by atoms with Crippen LogP contribution in [0.5, 0.6) is 0 Å². The Hall–Kier alpha value is -2.10. The van der Waals surface area contributed by atoms with E-state index >= 15 is 0 Å². The fraction of sp³-hybridized carbons (Fsp3) is 0.167. The zero-order chi connectivity index (χ0) is 14.5. The van der Waals surface area contributed by atoms with Crippen molar-refractivity contribution in [2.24, 2.45) is 0 Å². The molecule has 0 spiro atoms. The van der Waals surface area contributed by atoms with E-state index in [4.69, 9.17) is 28.5 Å². The summed E-state index contributed by atoms with van der Waals surface area (Å²) in [5.74, 6) is 0.646. The first-order valence-electron chi connectivity index (χ1n) is 5.74. The Balaban J connectivity index is 2.28. The molecule has 8 heteroatoms. The van der Waals surface area contributed by atoms with Crippen molar-refractivity contribution in [2.75, 3.05) is 17.2 Å². The van der Waals surface area contributed by atoms with Crippen LogP contribution in [0, 0.1) is 11.3 Å². The van der Waals surface area contributed by atoms with Crippen molar-refractivity contribution in [3.63, 3.8) is 0 Å². The second kappa shape index (κ2) is 6.37. The van der Waals surface area contributed by atoms with Gasteiger partial charge in [0.05, 0.1) is 22.3 Å². The summed E-state index contributed by atoms with van der Waals surface area (Å²) in [6, 6.07) is 6.88. The maximum atomic E-state index is 8.79. The van der Waals surface area contributed by atoms with E-state index in [1.807, 2.05) is 13.0 Å². The molecule has 102 valence electrons. The molecule has 0 bridgehead atoms. The molecular weight excluding hydrogens is 299 g/mol. The zero-order valence-electron chi connectivity index (χ0n) is 10.5. The van der Waals surface area contributed by atoms with Crippen LogP contribution in [0.1, 0.15) is 12.5 Å². The fourth-order valence-corrected chi connectivity index (χ4v) is 1.84. The Morgan fingerprint density at radius 1 is 1.20 bits per heavy atom. The number of hydrogen-bond donors (Lipinski definition) is 2. The highest BCUT2D eigenvalue weighted by atomic mass is 35.5. The van der Waals surface area contributed by atoms with Crippen LogP contribution in [0.2, 0.25) is 10.3 Å². The SMILES string of the molecule is CCNc1nc(Cl)nc(Nc2ccc(C#N)cc2Cl)n1. The number of rotatable bonds is 4. The third kappa shape index (κ3) is 3.47. The summed E-state index contributed by atoms with van der Waals surface area (Å²) in [6.45, 7) is 2.58. The molecule has 0 fully saturated rings. The number of hydrogen-bond acceptors (Lipinski definition) is 6. The summed E-state index contributed by atoms with van der Waals surface area (Å²) < 4.78 is 0. The van der Waals surface area contributed by atoms with Crippen molar-refractivity contribution in [1.29, 1.82) is 5.26 Å². The normalized spacial score (nSPS) is 9.90. The highest BCUT2D eigenvalue weighted by Crippen LogP contribution is 2.25. The average Bonchev–Trinajstić information content (AvgIpc) is 2.41. The van der Waals surface area contributed by atoms with Crippen LogP contribution in [0.25, 0.3) is 0 Å². The number of nitrogens with zero attached hydrogens (tertiary/aromatic N) is 4. The van der Waals surface area contributed by atoms with E-state index in [1.54, 1.807) is 18.2 Å². The van der Waals surface area contributed by atoms with Crippen LogP contribution in [0.4, 0.5) is 17.6 Å². The van der Waals surface area contributed by atoms with Gasteiger partial charge in [-0.1, -0.05) is 11.6 Å². The van der Waals surface area contributed by atoms with Crippen LogP contribution in [0.3, 0.4) is 0 Å². The molecule has 0 aliphatic rings. The molecular formula is C12H10Cl2N6. The molecule has 6 nitrogen and oxygen atoms in total. The number of nitriles is 1. The van der Waals surface area contributed by atoms with E-state index in [0.717, 1.165) is 0 Å². The number of nitrogens with one attached hydrogen (secondary N) is 2. The van der Waals surface area contributed by atoms with Crippen molar-refractivity contribution in [3.05, 3.63) is 34.1 Å². The van der Waals surface area contributed by atoms with Gasteiger partial charge >= 0.3 is 0 Å². The lowest BCUT2D eigenvalue weighted by Gasteiger charge is -2.08. The largest absolute Gasteiger partial charge is 0.354 e. The maximum Gasteiger partial charge on any atom is 0.233 e. The molecule has 0 saturated heterocycles. The molecule has 0 radical (unpaired) electrons. The molecule has 0 saturated carbocycles. The van der Waals surface area contributed by atoms with Gasteiger partial charge < -0.3 is 10.6 Å². The van der Waals surface area contributed by atoms with Crippen molar-refractivity contribution >= 4 is 40.8 Å². The van der Waals surface area contributed by atoms with Gasteiger partial charge in [0, 0.05) is 6.54 Å². The van der Waals surface area contributed by atoms with Crippen LogP contribution < -0.4 is 10.6 Å². The van der Waals surface area contributed by atoms with E-state index in [2.05, 4.69) is 25.6 Å².